The van der Waals surface area contributed by atoms with E-state index in [4.69, 9.17) is 0 Å². The molecule has 19 heavy (non-hydrogen) atoms. The average Bonchev–Trinajstić information content (AvgIpc) is 2.50. The molecule has 2 fully saturated rings. The molecule has 0 aromatic rings. The lowest BCUT2D eigenvalue weighted by molar-refractivity contribution is -0.142. The Morgan fingerprint density at radius 1 is 1.21 bits per heavy atom. The fourth-order valence-corrected chi connectivity index (χ4v) is 3.23. The number of nitrogens with one attached hydrogen (secondary N) is 1. The maximum Gasteiger partial charge on any atom is 0.229 e. The fraction of sp³-hybridized carbons (Fsp3) is 0.933. The molecule has 0 spiro atoms. The van der Waals surface area contributed by atoms with Crippen molar-refractivity contribution in [2.24, 2.45) is 5.41 Å². The molecule has 2 aliphatic heterocycles. The zero-order valence-electron chi connectivity index (χ0n) is 12.9. The van der Waals surface area contributed by atoms with Crippen molar-refractivity contribution >= 4 is 5.91 Å². The highest BCUT2D eigenvalue weighted by Gasteiger charge is 2.38. The Balaban J connectivity index is 1.99. The number of nitrogens with zero attached hydrogens (tertiary/aromatic N) is 2. The molecule has 0 saturated carbocycles. The lowest BCUT2D eigenvalue weighted by atomic mass is 9.90. The van der Waals surface area contributed by atoms with Gasteiger partial charge in [-0.1, -0.05) is 0 Å². The summed E-state index contributed by atoms with van der Waals surface area (Å²) in [7, 11) is 0. The van der Waals surface area contributed by atoms with Gasteiger partial charge in [0, 0.05) is 44.8 Å². The summed E-state index contributed by atoms with van der Waals surface area (Å²) in [5, 5.41) is 3.39. The Labute approximate surface area is 117 Å². The minimum atomic E-state index is -0.258. The average molecular weight is 267 g/mol. The van der Waals surface area contributed by atoms with Gasteiger partial charge in [-0.05, 0) is 40.5 Å². The monoisotopic (exact) mass is 267 g/mol. The van der Waals surface area contributed by atoms with E-state index < -0.39 is 0 Å². The molecule has 2 rings (SSSR count). The van der Waals surface area contributed by atoms with E-state index in [2.05, 4.69) is 42.8 Å². The zero-order chi connectivity index (χ0) is 14.0. The van der Waals surface area contributed by atoms with Crippen LogP contribution in [0.2, 0.25) is 0 Å². The quantitative estimate of drug-likeness (QED) is 0.819. The van der Waals surface area contributed by atoms with Gasteiger partial charge in [-0.15, -0.1) is 0 Å². The summed E-state index contributed by atoms with van der Waals surface area (Å²) in [6.45, 7) is 13.5. The summed E-state index contributed by atoms with van der Waals surface area (Å²) >= 11 is 0. The zero-order valence-corrected chi connectivity index (χ0v) is 12.9. The second-order valence-corrected chi connectivity index (χ2v) is 6.92. The molecule has 1 N–H and O–H groups in total. The van der Waals surface area contributed by atoms with Crippen molar-refractivity contribution in [2.45, 2.75) is 52.6 Å². The molecule has 110 valence electrons. The van der Waals surface area contributed by atoms with E-state index in [0.29, 0.717) is 18.0 Å². The first-order valence-corrected chi connectivity index (χ1v) is 7.67. The molecule has 0 radical (unpaired) electrons. The Hall–Kier alpha value is -0.610. The molecule has 0 aromatic heterocycles. The summed E-state index contributed by atoms with van der Waals surface area (Å²) in [6, 6.07) is 1.07. The number of likely N-dealkylation sites (tertiary alicyclic amines) is 1. The number of amides is 1. The predicted octanol–water partition coefficient (Wildman–Crippen LogP) is 1.32. The van der Waals surface area contributed by atoms with Crippen LogP contribution >= 0.6 is 0 Å². The van der Waals surface area contributed by atoms with E-state index in [-0.39, 0.29) is 5.41 Å². The highest BCUT2D eigenvalue weighted by molar-refractivity contribution is 5.82. The molecule has 0 bridgehead atoms. The number of hydrogen-bond donors (Lipinski definition) is 1. The first-order valence-electron chi connectivity index (χ1n) is 7.67. The van der Waals surface area contributed by atoms with Crippen molar-refractivity contribution in [1.29, 1.82) is 0 Å². The van der Waals surface area contributed by atoms with Crippen LogP contribution in [0.1, 0.15) is 40.5 Å². The van der Waals surface area contributed by atoms with Gasteiger partial charge in [0.05, 0.1) is 5.41 Å². The van der Waals surface area contributed by atoms with Gasteiger partial charge >= 0.3 is 0 Å². The van der Waals surface area contributed by atoms with Crippen LogP contribution in [-0.2, 0) is 4.79 Å². The number of carbonyl (C=O) groups excluding carboxylic acids is 1. The summed E-state index contributed by atoms with van der Waals surface area (Å²) < 4.78 is 0. The molecule has 0 aromatic carbocycles. The van der Waals surface area contributed by atoms with Gasteiger partial charge < -0.3 is 15.1 Å². The van der Waals surface area contributed by atoms with E-state index in [1.165, 1.54) is 0 Å². The van der Waals surface area contributed by atoms with Crippen LogP contribution in [0, 0.1) is 5.41 Å². The molecule has 2 saturated heterocycles. The summed E-state index contributed by atoms with van der Waals surface area (Å²) in [5.74, 6) is 0.334. The standard InChI is InChI=1S/C15H29N3O/c1-12(2)17-8-5-13(6-9-17)18-10-7-16-11-15(3,4)14(18)19/h12-13,16H,5-11H2,1-4H3. The van der Waals surface area contributed by atoms with Crippen molar-refractivity contribution in [3.63, 3.8) is 0 Å². The van der Waals surface area contributed by atoms with E-state index in [9.17, 15) is 4.79 Å². The van der Waals surface area contributed by atoms with Crippen LogP contribution in [0.4, 0.5) is 0 Å². The van der Waals surface area contributed by atoms with Crippen LogP contribution in [0.3, 0.4) is 0 Å². The van der Waals surface area contributed by atoms with Crippen LogP contribution in [0.5, 0.6) is 0 Å². The Bertz CT molecular complexity index is 319. The van der Waals surface area contributed by atoms with Crippen LogP contribution in [0.15, 0.2) is 0 Å². The number of piperidine rings is 1. The molecule has 0 atom stereocenters. The molecular weight excluding hydrogens is 238 g/mol. The normalized spacial score (nSPS) is 26.8. The topological polar surface area (TPSA) is 35.6 Å². The van der Waals surface area contributed by atoms with Gasteiger partial charge in [0.25, 0.3) is 0 Å². The maximum absolute atomic E-state index is 12.7. The van der Waals surface area contributed by atoms with Gasteiger partial charge in [-0.3, -0.25) is 4.79 Å². The maximum atomic E-state index is 12.7. The minimum absolute atomic E-state index is 0.258. The van der Waals surface area contributed by atoms with Crippen LogP contribution in [0.25, 0.3) is 0 Å². The SMILES string of the molecule is CC(C)N1CCC(N2CCNCC(C)(C)C2=O)CC1. The molecule has 1 amide bonds. The first kappa shape index (κ1) is 14.8. The van der Waals surface area contributed by atoms with Crippen LogP contribution < -0.4 is 5.32 Å². The molecule has 2 aliphatic rings. The number of carbonyl (C=O) groups is 1. The van der Waals surface area contributed by atoms with E-state index in [1.54, 1.807) is 0 Å². The van der Waals surface area contributed by atoms with Crippen molar-refractivity contribution < 1.29 is 4.79 Å². The van der Waals surface area contributed by atoms with E-state index in [1.807, 2.05) is 0 Å². The molecular formula is C15H29N3O. The molecule has 2 heterocycles. The molecule has 4 heteroatoms. The third-order valence-electron chi connectivity index (χ3n) is 4.61. The Morgan fingerprint density at radius 2 is 1.84 bits per heavy atom. The lowest BCUT2D eigenvalue weighted by Crippen LogP contribution is -2.52. The molecule has 0 unspecified atom stereocenters. The van der Waals surface area contributed by atoms with E-state index in [0.717, 1.165) is 45.6 Å². The molecule has 4 nitrogen and oxygen atoms in total. The summed E-state index contributed by atoms with van der Waals surface area (Å²) in [5.41, 5.74) is -0.258. The number of hydrogen-bond acceptors (Lipinski definition) is 3. The second-order valence-electron chi connectivity index (χ2n) is 6.92. The van der Waals surface area contributed by atoms with Crippen molar-refractivity contribution in [1.82, 2.24) is 15.1 Å². The highest BCUT2D eigenvalue weighted by atomic mass is 16.2. The predicted molar refractivity (Wildman–Crippen MR) is 78.1 cm³/mol. The Morgan fingerprint density at radius 3 is 2.42 bits per heavy atom. The highest BCUT2D eigenvalue weighted by Crippen LogP contribution is 2.25. The van der Waals surface area contributed by atoms with Gasteiger partial charge in [0.1, 0.15) is 0 Å². The third kappa shape index (κ3) is 3.29. The number of rotatable bonds is 2. The summed E-state index contributed by atoms with van der Waals surface area (Å²) in [6.07, 6.45) is 2.25. The van der Waals surface area contributed by atoms with E-state index >= 15 is 0 Å². The summed E-state index contributed by atoms with van der Waals surface area (Å²) in [4.78, 5) is 17.3. The van der Waals surface area contributed by atoms with Crippen molar-refractivity contribution in [3.05, 3.63) is 0 Å². The largest absolute Gasteiger partial charge is 0.338 e. The Kier molecular flexibility index (Phi) is 4.51. The second kappa shape index (κ2) is 5.80. The minimum Gasteiger partial charge on any atom is -0.338 e. The smallest absolute Gasteiger partial charge is 0.229 e. The van der Waals surface area contributed by atoms with Gasteiger partial charge in [-0.25, -0.2) is 0 Å². The first-order chi connectivity index (χ1) is 8.92. The van der Waals surface area contributed by atoms with Gasteiger partial charge in [0.15, 0.2) is 0 Å². The van der Waals surface area contributed by atoms with Crippen LogP contribution in [-0.4, -0.2) is 60.5 Å². The van der Waals surface area contributed by atoms with Gasteiger partial charge in [0.2, 0.25) is 5.91 Å². The third-order valence-corrected chi connectivity index (χ3v) is 4.61. The van der Waals surface area contributed by atoms with Gasteiger partial charge in [-0.2, -0.15) is 0 Å². The van der Waals surface area contributed by atoms with Crippen molar-refractivity contribution in [3.8, 4) is 0 Å². The van der Waals surface area contributed by atoms with Crippen molar-refractivity contribution in [2.75, 3.05) is 32.7 Å². The lowest BCUT2D eigenvalue weighted by Gasteiger charge is -2.41. The molecule has 0 aliphatic carbocycles. The fourth-order valence-electron chi connectivity index (χ4n) is 3.23.